The lowest BCUT2D eigenvalue weighted by Gasteiger charge is -2.27. The van der Waals surface area contributed by atoms with E-state index in [4.69, 9.17) is 4.74 Å². The van der Waals surface area contributed by atoms with Gasteiger partial charge in [0.05, 0.1) is 31.1 Å². The van der Waals surface area contributed by atoms with Gasteiger partial charge in [-0.05, 0) is 12.0 Å². The summed E-state index contributed by atoms with van der Waals surface area (Å²) in [5.41, 5.74) is 3.90. The van der Waals surface area contributed by atoms with Gasteiger partial charge in [-0.2, -0.15) is 5.10 Å². The minimum absolute atomic E-state index is 0.133. The second kappa shape index (κ2) is 8.31. The number of aromatic nitrogens is 2. The topological polar surface area (TPSA) is 53.8 Å². The zero-order valence-corrected chi connectivity index (χ0v) is 15.3. The van der Waals surface area contributed by atoms with E-state index in [9.17, 15) is 5.11 Å². The molecule has 2 aromatic rings. The van der Waals surface area contributed by atoms with Crippen molar-refractivity contribution in [3.63, 3.8) is 0 Å². The van der Waals surface area contributed by atoms with E-state index in [0.717, 1.165) is 52.3 Å². The van der Waals surface area contributed by atoms with Crippen molar-refractivity contribution in [3.8, 4) is 0 Å². The third-order valence-corrected chi connectivity index (χ3v) is 5.26. The summed E-state index contributed by atoms with van der Waals surface area (Å²) in [6.45, 7) is 7.39. The molecule has 0 amide bonds. The van der Waals surface area contributed by atoms with E-state index in [1.165, 1.54) is 16.8 Å². The van der Waals surface area contributed by atoms with Crippen LogP contribution in [-0.2, 0) is 30.9 Å². The zero-order chi connectivity index (χ0) is 17.8. The summed E-state index contributed by atoms with van der Waals surface area (Å²) in [5.74, 6) is 0. The monoisotopic (exact) mass is 356 g/mol. The third kappa shape index (κ3) is 4.15. The van der Waals surface area contributed by atoms with Gasteiger partial charge < -0.3 is 9.84 Å². The zero-order valence-electron chi connectivity index (χ0n) is 15.3. The molecule has 6 nitrogen and oxygen atoms in total. The molecule has 0 unspecified atom stereocenters. The van der Waals surface area contributed by atoms with Crippen molar-refractivity contribution in [2.75, 3.05) is 32.8 Å². The fourth-order valence-electron chi connectivity index (χ4n) is 4.04. The molecule has 140 valence electrons. The molecule has 4 rings (SSSR count). The number of rotatable bonds is 6. The Balaban J connectivity index is 1.34. The molecule has 2 aliphatic heterocycles. The van der Waals surface area contributed by atoms with Gasteiger partial charge >= 0.3 is 0 Å². The normalized spacial score (nSPS) is 21.7. The summed E-state index contributed by atoms with van der Waals surface area (Å²) < 4.78 is 8.08. The maximum absolute atomic E-state index is 9.18. The van der Waals surface area contributed by atoms with E-state index in [-0.39, 0.29) is 12.7 Å². The van der Waals surface area contributed by atoms with Crippen molar-refractivity contribution in [2.45, 2.75) is 38.7 Å². The molecule has 1 fully saturated rings. The van der Waals surface area contributed by atoms with Gasteiger partial charge in [-0.1, -0.05) is 30.3 Å². The molecule has 0 radical (unpaired) electrons. The average Bonchev–Trinajstić information content (AvgIpc) is 3.12. The van der Waals surface area contributed by atoms with Crippen LogP contribution in [0.5, 0.6) is 0 Å². The van der Waals surface area contributed by atoms with Crippen LogP contribution < -0.4 is 0 Å². The second-order valence-corrected chi connectivity index (χ2v) is 7.30. The molecular weight excluding hydrogens is 328 g/mol. The van der Waals surface area contributed by atoms with Gasteiger partial charge in [0, 0.05) is 51.4 Å². The highest BCUT2D eigenvalue weighted by molar-refractivity contribution is 5.22. The van der Waals surface area contributed by atoms with E-state index in [2.05, 4.69) is 45.2 Å². The summed E-state index contributed by atoms with van der Waals surface area (Å²) in [4.78, 5) is 4.96. The number of fused-ring (bicyclic) bond motifs is 1. The van der Waals surface area contributed by atoms with Crippen molar-refractivity contribution >= 4 is 0 Å². The van der Waals surface area contributed by atoms with Crippen LogP contribution in [0.4, 0.5) is 0 Å². The SMILES string of the molecule is OCCn1ncc2c1CN(C[C@@H]1CN(Cc3ccccc3)CCCO1)C2. The van der Waals surface area contributed by atoms with Crippen molar-refractivity contribution in [3.05, 3.63) is 53.3 Å². The maximum Gasteiger partial charge on any atom is 0.0828 e. The Hall–Kier alpha value is -1.73. The highest BCUT2D eigenvalue weighted by atomic mass is 16.5. The number of hydrogen-bond donors (Lipinski definition) is 1. The molecule has 0 spiro atoms. The van der Waals surface area contributed by atoms with Crippen LogP contribution in [0.3, 0.4) is 0 Å². The summed E-state index contributed by atoms with van der Waals surface area (Å²) >= 11 is 0. The molecule has 26 heavy (non-hydrogen) atoms. The molecule has 3 heterocycles. The first-order chi connectivity index (χ1) is 12.8. The predicted octanol–water partition coefficient (Wildman–Crippen LogP) is 1.48. The largest absolute Gasteiger partial charge is 0.394 e. The molecule has 2 aliphatic rings. The molecule has 1 N–H and O–H groups in total. The summed E-state index contributed by atoms with van der Waals surface area (Å²) in [7, 11) is 0. The average molecular weight is 356 g/mol. The quantitative estimate of drug-likeness (QED) is 0.850. The second-order valence-electron chi connectivity index (χ2n) is 7.30. The highest BCUT2D eigenvalue weighted by Crippen LogP contribution is 2.23. The number of ether oxygens (including phenoxy) is 1. The maximum atomic E-state index is 9.18. The van der Waals surface area contributed by atoms with Crippen molar-refractivity contribution in [1.82, 2.24) is 19.6 Å². The fourth-order valence-corrected chi connectivity index (χ4v) is 4.04. The van der Waals surface area contributed by atoms with Crippen LogP contribution in [0.15, 0.2) is 36.5 Å². The van der Waals surface area contributed by atoms with Gasteiger partial charge in [-0.25, -0.2) is 0 Å². The number of hydrogen-bond acceptors (Lipinski definition) is 5. The van der Waals surface area contributed by atoms with Crippen LogP contribution in [0.1, 0.15) is 23.2 Å². The first-order valence-corrected chi connectivity index (χ1v) is 9.56. The molecule has 1 aromatic heterocycles. The standard InChI is InChI=1S/C20H28N4O2/c25-9-8-24-20-16-23(13-18(20)11-21-24)15-19-14-22(7-4-10-26-19)12-17-5-2-1-3-6-17/h1-3,5-6,11,19,25H,4,7-10,12-16H2/t19-/m0/s1. The van der Waals surface area contributed by atoms with E-state index < -0.39 is 0 Å². The lowest BCUT2D eigenvalue weighted by molar-refractivity contribution is 0.0243. The van der Waals surface area contributed by atoms with E-state index in [0.29, 0.717) is 6.54 Å². The van der Waals surface area contributed by atoms with Crippen molar-refractivity contribution in [1.29, 1.82) is 0 Å². The number of aliphatic hydroxyl groups excluding tert-OH is 1. The molecule has 1 saturated heterocycles. The van der Waals surface area contributed by atoms with Crippen LogP contribution >= 0.6 is 0 Å². The lowest BCUT2D eigenvalue weighted by Crippen LogP contribution is -2.38. The summed E-state index contributed by atoms with van der Waals surface area (Å²) in [6.07, 6.45) is 3.28. The molecule has 0 saturated carbocycles. The van der Waals surface area contributed by atoms with Gasteiger partial charge in [0.2, 0.25) is 0 Å². The van der Waals surface area contributed by atoms with Gasteiger partial charge in [0.25, 0.3) is 0 Å². The van der Waals surface area contributed by atoms with Crippen molar-refractivity contribution in [2.24, 2.45) is 0 Å². The highest BCUT2D eigenvalue weighted by Gasteiger charge is 2.27. The van der Waals surface area contributed by atoms with Crippen LogP contribution in [0.2, 0.25) is 0 Å². The molecule has 0 bridgehead atoms. The van der Waals surface area contributed by atoms with Crippen molar-refractivity contribution < 1.29 is 9.84 Å². The molecule has 1 aromatic carbocycles. The summed E-state index contributed by atoms with van der Waals surface area (Å²) in [6, 6.07) is 10.7. The molecular formula is C20H28N4O2. The number of benzene rings is 1. The lowest BCUT2D eigenvalue weighted by atomic mass is 10.2. The first kappa shape index (κ1) is 17.7. The number of nitrogens with zero attached hydrogens (tertiary/aromatic N) is 4. The molecule has 1 atom stereocenters. The predicted molar refractivity (Wildman–Crippen MR) is 99.5 cm³/mol. The van der Waals surface area contributed by atoms with E-state index >= 15 is 0 Å². The molecule has 6 heteroatoms. The summed E-state index contributed by atoms with van der Waals surface area (Å²) in [5, 5.41) is 13.6. The Labute approximate surface area is 155 Å². The van der Waals surface area contributed by atoms with Gasteiger partial charge in [-0.15, -0.1) is 0 Å². The van der Waals surface area contributed by atoms with Gasteiger partial charge in [-0.3, -0.25) is 14.5 Å². The Morgan fingerprint density at radius 1 is 1.15 bits per heavy atom. The van der Waals surface area contributed by atoms with E-state index in [1.54, 1.807) is 0 Å². The smallest absolute Gasteiger partial charge is 0.0828 e. The fraction of sp³-hybridized carbons (Fsp3) is 0.550. The van der Waals surface area contributed by atoms with Crippen LogP contribution in [0, 0.1) is 0 Å². The minimum atomic E-state index is 0.133. The van der Waals surface area contributed by atoms with Gasteiger partial charge in [0.1, 0.15) is 0 Å². The number of aliphatic hydroxyl groups is 1. The Morgan fingerprint density at radius 2 is 2.04 bits per heavy atom. The Kier molecular flexibility index (Phi) is 5.65. The Bertz CT molecular complexity index is 703. The first-order valence-electron chi connectivity index (χ1n) is 9.56. The third-order valence-electron chi connectivity index (χ3n) is 5.26. The van der Waals surface area contributed by atoms with E-state index in [1.807, 2.05) is 10.9 Å². The van der Waals surface area contributed by atoms with Gasteiger partial charge in [0.15, 0.2) is 0 Å². The minimum Gasteiger partial charge on any atom is -0.394 e. The molecule has 0 aliphatic carbocycles. The Morgan fingerprint density at radius 3 is 2.88 bits per heavy atom. The van der Waals surface area contributed by atoms with Crippen LogP contribution in [-0.4, -0.2) is 63.6 Å². The van der Waals surface area contributed by atoms with Crippen LogP contribution in [0.25, 0.3) is 0 Å².